The summed E-state index contributed by atoms with van der Waals surface area (Å²) >= 11 is 0. The summed E-state index contributed by atoms with van der Waals surface area (Å²) in [6.07, 6.45) is 2.28. The summed E-state index contributed by atoms with van der Waals surface area (Å²) in [5, 5.41) is 1.13. The SMILES string of the molecule is Cc1cccc(C)c1C1CCN(Cc2c(C(=O)N3CCN(C(=O)N(C)C)CC3)[nH]c3ccccc23)CC1.Cl. The molecule has 204 valence electrons. The lowest BCUT2D eigenvalue weighted by Gasteiger charge is -2.36. The van der Waals surface area contributed by atoms with Crippen molar-refractivity contribution in [2.75, 3.05) is 53.4 Å². The highest BCUT2D eigenvalue weighted by Crippen LogP contribution is 2.34. The first kappa shape index (κ1) is 28.0. The molecule has 2 aliphatic rings. The maximum absolute atomic E-state index is 13.7. The minimum atomic E-state index is 0. The van der Waals surface area contributed by atoms with E-state index in [9.17, 15) is 9.59 Å². The molecule has 3 aromatic rings. The van der Waals surface area contributed by atoms with Crippen molar-refractivity contribution in [3.8, 4) is 0 Å². The number of urea groups is 1. The van der Waals surface area contributed by atoms with Crippen LogP contribution in [0.1, 0.15) is 51.5 Å². The minimum Gasteiger partial charge on any atom is -0.350 e. The monoisotopic (exact) mass is 537 g/mol. The van der Waals surface area contributed by atoms with E-state index < -0.39 is 0 Å². The molecular weight excluding hydrogens is 498 g/mol. The van der Waals surface area contributed by atoms with E-state index in [1.807, 2.05) is 21.9 Å². The van der Waals surface area contributed by atoms with E-state index in [2.05, 4.69) is 54.1 Å². The Balaban J connectivity index is 0.00000336. The van der Waals surface area contributed by atoms with Gasteiger partial charge in [-0.15, -0.1) is 12.4 Å². The van der Waals surface area contributed by atoms with Crippen molar-refractivity contribution < 1.29 is 9.59 Å². The Morgan fingerprint density at radius 1 is 0.868 bits per heavy atom. The molecule has 2 fully saturated rings. The molecule has 3 heterocycles. The maximum Gasteiger partial charge on any atom is 0.319 e. The molecule has 38 heavy (non-hydrogen) atoms. The lowest BCUT2D eigenvalue weighted by Crippen LogP contribution is -2.53. The van der Waals surface area contributed by atoms with Crippen LogP contribution in [0, 0.1) is 13.8 Å². The fourth-order valence-electron chi connectivity index (χ4n) is 6.16. The van der Waals surface area contributed by atoms with Crippen LogP contribution in [0.4, 0.5) is 4.79 Å². The zero-order valence-corrected chi connectivity index (χ0v) is 23.8. The smallest absolute Gasteiger partial charge is 0.319 e. The number of carbonyl (C=O) groups is 2. The Bertz CT molecular complexity index is 1270. The Hall–Kier alpha value is -3.03. The van der Waals surface area contributed by atoms with Crippen molar-refractivity contribution in [1.82, 2.24) is 24.6 Å². The Labute approximate surface area is 232 Å². The van der Waals surface area contributed by atoms with Gasteiger partial charge in [-0.2, -0.15) is 0 Å². The number of aromatic nitrogens is 1. The van der Waals surface area contributed by atoms with E-state index in [1.165, 1.54) is 16.7 Å². The van der Waals surface area contributed by atoms with E-state index in [-0.39, 0.29) is 24.3 Å². The summed E-state index contributed by atoms with van der Waals surface area (Å²) in [7, 11) is 3.53. The van der Waals surface area contributed by atoms with Gasteiger partial charge in [-0.1, -0.05) is 36.4 Å². The number of H-pyrrole nitrogens is 1. The van der Waals surface area contributed by atoms with Gasteiger partial charge in [0.2, 0.25) is 0 Å². The third kappa shape index (κ3) is 5.54. The molecule has 1 aromatic heterocycles. The number of piperazine rings is 1. The molecule has 0 unspecified atom stereocenters. The summed E-state index contributed by atoms with van der Waals surface area (Å²) < 4.78 is 0. The first-order valence-electron chi connectivity index (χ1n) is 13.5. The van der Waals surface area contributed by atoms with Crippen LogP contribution in [0.15, 0.2) is 42.5 Å². The molecule has 0 atom stereocenters. The van der Waals surface area contributed by atoms with Gasteiger partial charge in [-0.3, -0.25) is 9.69 Å². The highest BCUT2D eigenvalue weighted by molar-refractivity contribution is 6.01. The van der Waals surface area contributed by atoms with Crippen LogP contribution < -0.4 is 0 Å². The van der Waals surface area contributed by atoms with Crippen LogP contribution in [-0.4, -0.2) is 89.9 Å². The van der Waals surface area contributed by atoms with Crippen molar-refractivity contribution in [3.05, 3.63) is 70.4 Å². The van der Waals surface area contributed by atoms with Gasteiger partial charge in [0.15, 0.2) is 0 Å². The number of benzene rings is 2. The van der Waals surface area contributed by atoms with Crippen LogP contribution in [-0.2, 0) is 6.54 Å². The molecule has 7 nitrogen and oxygen atoms in total. The average molecular weight is 538 g/mol. The quantitative estimate of drug-likeness (QED) is 0.508. The van der Waals surface area contributed by atoms with Crippen molar-refractivity contribution in [2.24, 2.45) is 0 Å². The predicted octanol–water partition coefficient (Wildman–Crippen LogP) is 5.03. The molecular formula is C30H40ClN5O2. The highest BCUT2D eigenvalue weighted by atomic mass is 35.5. The highest BCUT2D eigenvalue weighted by Gasteiger charge is 2.30. The molecule has 5 rings (SSSR count). The number of carbonyl (C=O) groups excluding carboxylic acids is 2. The fraction of sp³-hybridized carbons (Fsp3) is 0.467. The van der Waals surface area contributed by atoms with Crippen molar-refractivity contribution in [1.29, 1.82) is 0 Å². The van der Waals surface area contributed by atoms with Gasteiger partial charge in [0.25, 0.3) is 5.91 Å². The van der Waals surface area contributed by atoms with Crippen LogP contribution in [0.3, 0.4) is 0 Å². The number of aromatic amines is 1. The number of rotatable bonds is 4. The Morgan fingerprint density at radius 3 is 2.11 bits per heavy atom. The number of hydrogen-bond acceptors (Lipinski definition) is 3. The van der Waals surface area contributed by atoms with Crippen molar-refractivity contribution in [2.45, 2.75) is 39.2 Å². The largest absolute Gasteiger partial charge is 0.350 e. The molecule has 2 aromatic carbocycles. The lowest BCUT2D eigenvalue weighted by molar-refractivity contribution is 0.0643. The number of nitrogens with zero attached hydrogens (tertiary/aromatic N) is 4. The summed E-state index contributed by atoms with van der Waals surface area (Å²) in [4.78, 5) is 37.3. The molecule has 0 radical (unpaired) electrons. The third-order valence-electron chi connectivity index (χ3n) is 8.17. The minimum absolute atomic E-state index is 0. The van der Waals surface area contributed by atoms with Crippen LogP contribution >= 0.6 is 12.4 Å². The van der Waals surface area contributed by atoms with Gasteiger partial charge in [-0.05, 0) is 68.5 Å². The lowest BCUT2D eigenvalue weighted by atomic mass is 9.84. The van der Waals surface area contributed by atoms with Gasteiger partial charge >= 0.3 is 6.03 Å². The zero-order valence-electron chi connectivity index (χ0n) is 23.0. The van der Waals surface area contributed by atoms with E-state index >= 15 is 0 Å². The molecule has 0 saturated carbocycles. The Kier molecular flexibility index (Phi) is 8.68. The van der Waals surface area contributed by atoms with Gasteiger partial charge in [0.1, 0.15) is 5.69 Å². The van der Waals surface area contributed by atoms with Gasteiger partial charge in [0.05, 0.1) is 0 Å². The molecule has 1 N–H and O–H groups in total. The molecule has 3 amide bonds. The molecule has 0 aliphatic carbocycles. The van der Waals surface area contributed by atoms with E-state index in [1.54, 1.807) is 19.0 Å². The predicted molar refractivity (Wildman–Crippen MR) is 155 cm³/mol. The number of amides is 3. The second-order valence-corrected chi connectivity index (χ2v) is 10.8. The van der Waals surface area contributed by atoms with E-state index in [0.29, 0.717) is 37.8 Å². The van der Waals surface area contributed by atoms with Gasteiger partial charge in [-0.25, -0.2) is 4.79 Å². The average Bonchev–Trinajstić information content (AvgIpc) is 3.27. The van der Waals surface area contributed by atoms with Crippen molar-refractivity contribution >= 4 is 35.2 Å². The summed E-state index contributed by atoms with van der Waals surface area (Å²) in [5.41, 5.74) is 7.12. The summed E-state index contributed by atoms with van der Waals surface area (Å²) in [6.45, 7) is 9.50. The Morgan fingerprint density at radius 2 is 1.47 bits per heavy atom. The second kappa shape index (κ2) is 11.8. The first-order valence-corrected chi connectivity index (χ1v) is 13.5. The van der Waals surface area contributed by atoms with Crippen LogP contribution in [0.25, 0.3) is 10.9 Å². The fourth-order valence-corrected chi connectivity index (χ4v) is 6.16. The van der Waals surface area contributed by atoms with Crippen LogP contribution in [0.2, 0.25) is 0 Å². The second-order valence-electron chi connectivity index (χ2n) is 10.8. The van der Waals surface area contributed by atoms with E-state index in [0.717, 1.165) is 48.9 Å². The molecule has 2 saturated heterocycles. The van der Waals surface area contributed by atoms with Crippen molar-refractivity contribution in [3.63, 3.8) is 0 Å². The zero-order chi connectivity index (χ0) is 26.1. The number of para-hydroxylation sites is 1. The first-order chi connectivity index (χ1) is 17.8. The topological polar surface area (TPSA) is 62.9 Å². The van der Waals surface area contributed by atoms with E-state index in [4.69, 9.17) is 0 Å². The number of piperidine rings is 1. The number of nitrogens with one attached hydrogen (secondary N) is 1. The van der Waals surface area contributed by atoms with Crippen LogP contribution in [0.5, 0.6) is 0 Å². The maximum atomic E-state index is 13.7. The number of halogens is 1. The number of likely N-dealkylation sites (tertiary alicyclic amines) is 1. The summed E-state index contributed by atoms with van der Waals surface area (Å²) in [5.74, 6) is 0.635. The number of aryl methyl sites for hydroxylation is 2. The number of hydrogen-bond donors (Lipinski definition) is 1. The molecule has 0 spiro atoms. The third-order valence-corrected chi connectivity index (χ3v) is 8.17. The number of fused-ring (bicyclic) bond motifs is 1. The normalized spacial score (nSPS) is 16.9. The molecule has 8 heteroatoms. The standard InChI is InChI=1S/C30H39N5O2.ClH/c1-21-8-7-9-22(2)27(21)23-12-14-33(15-13-23)20-25-24-10-5-6-11-26(24)31-28(25)29(36)34-16-18-35(19-17-34)30(37)32(3)4;/h5-11,23,31H,12-20H2,1-4H3;1H. The molecule has 0 bridgehead atoms. The molecule has 2 aliphatic heterocycles. The van der Waals surface area contributed by atoms with Gasteiger partial charge < -0.3 is 19.7 Å². The summed E-state index contributed by atoms with van der Waals surface area (Å²) in [6, 6.07) is 14.8. The van der Waals surface area contributed by atoms with Gasteiger partial charge in [0, 0.05) is 63.3 Å².